The van der Waals surface area contributed by atoms with Gasteiger partial charge in [-0.1, -0.05) is 24.2 Å². The fourth-order valence-corrected chi connectivity index (χ4v) is 2.72. The predicted molar refractivity (Wildman–Crippen MR) is 108 cm³/mol. The smallest absolute Gasteiger partial charge is 0.249 e. The minimum atomic E-state index is -0.423. The van der Waals surface area contributed by atoms with Gasteiger partial charge in [0.25, 0.3) is 0 Å². The molecule has 0 fully saturated rings. The summed E-state index contributed by atoms with van der Waals surface area (Å²) < 4.78 is 5.26. The zero-order valence-corrected chi connectivity index (χ0v) is 16.4. The van der Waals surface area contributed by atoms with Crippen molar-refractivity contribution in [2.24, 2.45) is 0 Å². The van der Waals surface area contributed by atoms with E-state index in [0.29, 0.717) is 18.1 Å². The van der Waals surface area contributed by atoms with Gasteiger partial charge in [0.05, 0.1) is 6.42 Å². The Bertz CT molecular complexity index is 954. The summed E-state index contributed by atoms with van der Waals surface area (Å²) in [6.45, 7) is 3.74. The van der Waals surface area contributed by atoms with E-state index in [0.717, 1.165) is 23.2 Å². The average Bonchev–Trinajstić information content (AvgIpc) is 3.21. The van der Waals surface area contributed by atoms with Crippen LogP contribution in [-0.4, -0.2) is 26.9 Å². The number of amides is 2. The first-order chi connectivity index (χ1) is 14.0. The van der Waals surface area contributed by atoms with Gasteiger partial charge in [0.2, 0.25) is 23.5 Å². The fourth-order valence-electron chi connectivity index (χ4n) is 2.72. The number of aromatic nitrogens is 3. The summed E-state index contributed by atoms with van der Waals surface area (Å²) in [6, 6.07) is 10.4. The van der Waals surface area contributed by atoms with Crippen molar-refractivity contribution in [3.63, 3.8) is 0 Å². The number of nitrogens with one attached hydrogen (secondary N) is 2. The highest BCUT2D eigenvalue weighted by atomic mass is 16.5. The van der Waals surface area contributed by atoms with E-state index >= 15 is 0 Å². The summed E-state index contributed by atoms with van der Waals surface area (Å²) in [5.41, 5.74) is 2.30. The molecule has 0 radical (unpaired) electrons. The van der Waals surface area contributed by atoms with Gasteiger partial charge in [-0.25, -0.2) is 0 Å². The number of benzene rings is 1. The van der Waals surface area contributed by atoms with Gasteiger partial charge in [-0.05, 0) is 43.2 Å². The van der Waals surface area contributed by atoms with Crippen molar-refractivity contribution in [1.29, 1.82) is 0 Å². The molecule has 0 aliphatic carbocycles. The molecule has 3 rings (SSSR count). The highest BCUT2D eigenvalue weighted by molar-refractivity contribution is 5.90. The van der Waals surface area contributed by atoms with Gasteiger partial charge in [-0.2, -0.15) is 4.98 Å². The number of carbonyl (C=O) groups is 2. The third-order valence-electron chi connectivity index (χ3n) is 4.19. The van der Waals surface area contributed by atoms with Crippen LogP contribution in [0, 0.1) is 0 Å². The first kappa shape index (κ1) is 20.2. The Hall–Kier alpha value is -3.55. The molecule has 2 amide bonds. The molecule has 2 N–H and O–H groups in total. The summed E-state index contributed by atoms with van der Waals surface area (Å²) >= 11 is 0. The molecule has 0 saturated heterocycles. The number of rotatable bonds is 8. The van der Waals surface area contributed by atoms with Crippen molar-refractivity contribution in [3.05, 3.63) is 60.2 Å². The molecule has 0 saturated carbocycles. The number of carbonyl (C=O) groups excluding carboxylic acids is 2. The predicted octanol–water partition coefficient (Wildman–Crippen LogP) is 3.29. The van der Waals surface area contributed by atoms with Crippen molar-refractivity contribution in [2.45, 2.75) is 39.2 Å². The quantitative estimate of drug-likeness (QED) is 0.608. The Labute approximate surface area is 168 Å². The Kier molecular flexibility index (Phi) is 6.67. The van der Waals surface area contributed by atoms with E-state index < -0.39 is 6.04 Å². The van der Waals surface area contributed by atoms with Gasteiger partial charge in [-0.15, -0.1) is 0 Å². The minimum absolute atomic E-state index is 0.0166. The van der Waals surface area contributed by atoms with Crippen molar-refractivity contribution in [1.82, 2.24) is 20.4 Å². The molecule has 0 spiro atoms. The van der Waals surface area contributed by atoms with Gasteiger partial charge < -0.3 is 15.2 Å². The molecule has 2 heterocycles. The third kappa shape index (κ3) is 5.71. The van der Waals surface area contributed by atoms with Crippen LogP contribution in [-0.2, 0) is 16.0 Å². The van der Waals surface area contributed by atoms with Gasteiger partial charge >= 0.3 is 0 Å². The zero-order valence-electron chi connectivity index (χ0n) is 16.4. The van der Waals surface area contributed by atoms with E-state index in [-0.39, 0.29) is 18.2 Å². The van der Waals surface area contributed by atoms with Crippen LogP contribution in [0.15, 0.2) is 53.3 Å². The highest BCUT2D eigenvalue weighted by Gasteiger charge is 2.17. The van der Waals surface area contributed by atoms with Gasteiger partial charge in [-0.3, -0.25) is 14.6 Å². The summed E-state index contributed by atoms with van der Waals surface area (Å²) in [5, 5.41) is 9.61. The first-order valence-electron chi connectivity index (χ1n) is 9.47. The van der Waals surface area contributed by atoms with Crippen LogP contribution in [0.3, 0.4) is 0 Å². The maximum atomic E-state index is 12.3. The maximum absolute atomic E-state index is 12.3. The molecule has 1 aromatic carbocycles. The second kappa shape index (κ2) is 9.59. The average molecular weight is 393 g/mol. The highest BCUT2D eigenvalue weighted by Crippen LogP contribution is 2.18. The summed E-state index contributed by atoms with van der Waals surface area (Å²) in [5.74, 6) is 0.569. The van der Waals surface area contributed by atoms with Crippen molar-refractivity contribution >= 4 is 17.5 Å². The van der Waals surface area contributed by atoms with Crippen molar-refractivity contribution in [3.8, 4) is 11.4 Å². The second-order valence-electron chi connectivity index (χ2n) is 6.66. The lowest BCUT2D eigenvalue weighted by Gasteiger charge is -2.10. The first-order valence-corrected chi connectivity index (χ1v) is 9.47. The number of hydrogen-bond donors (Lipinski definition) is 2. The Morgan fingerprint density at radius 3 is 2.62 bits per heavy atom. The largest absolute Gasteiger partial charge is 0.344 e. The van der Waals surface area contributed by atoms with Crippen LogP contribution in [0.5, 0.6) is 0 Å². The summed E-state index contributed by atoms with van der Waals surface area (Å²) in [4.78, 5) is 32.3. The lowest BCUT2D eigenvalue weighted by atomic mass is 10.1. The molecule has 2 aromatic heterocycles. The van der Waals surface area contributed by atoms with Crippen LogP contribution in [0.2, 0.25) is 0 Å². The van der Waals surface area contributed by atoms with E-state index in [2.05, 4.69) is 25.8 Å². The molecular formula is C21H23N5O3. The summed E-state index contributed by atoms with van der Waals surface area (Å²) in [6.07, 6.45) is 4.80. The molecule has 3 aromatic rings. The molecule has 29 heavy (non-hydrogen) atoms. The van der Waals surface area contributed by atoms with Gasteiger partial charge in [0, 0.05) is 30.1 Å². The maximum Gasteiger partial charge on any atom is 0.249 e. The Morgan fingerprint density at radius 1 is 1.14 bits per heavy atom. The van der Waals surface area contributed by atoms with Crippen molar-refractivity contribution in [2.75, 3.05) is 5.32 Å². The van der Waals surface area contributed by atoms with E-state index in [1.807, 2.05) is 25.1 Å². The van der Waals surface area contributed by atoms with E-state index in [1.165, 1.54) is 0 Å². The molecule has 1 atom stereocenters. The molecule has 0 aliphatic heterocycles. The van der Waals surface area contributed by atoms with Crippen LogP contribution >= 0.6 is 0 Å². The molecule has 0 unspecified atom stereocenters. The third-order valence-corrected chi connectivity index (χ3v) is 4.19. The minimum Gasteiger partial charge on any atom is -0.344 e. The normalized spacial score (nSPS) is 11.7. The fraction of sp³-hybridized carbons (Fsp3) is 0.286. The lowest BCUT2D eigenvalue weighted by molar-refractivity contribution is -0.121. The molecular weight excluding hydrogens is 370 g/mol. The number of pyridine rings is 1. The van der Waals surface area contributed by atoms with Crippen LogP contribution in [0.1, 0.15) is 44.2 Å². The van der Waals surface area contributed by atoms with Crippen LogP contribution in [0.25, 0.3) is 11.4 Å². The van der Waals surface area contributed by atoms with Crippen LogP contribution in [0.4, 0.5) is 5.69 Å². The number of hydrogen-bond acceptors (Lipinski definition) is 6. The Morgan fingerprint density at radius 2 is 1.93 bits per heavy atom. The van der Waals surface area contributed by atoms with Gasteiger partial charge in [0.15, 0.2) is 0 Å². The molecule has 8 heteroatoms. The molecule has 0 aliphatic rings. The SMILES string of the molecule is CCCC(=O)Nc1ccc(CC(=O)N[C@@H](C)c2nc(-c3cccnc3)no2)cc1. The molecule has 8 nitrogen and oxygen atoms in total. The Balaban J connectivity index is 1.54. The second-order valence-corrected chi connectivity index (χ2v) is 6.66. The monoisotopic (exact) mass is 393 g/mol. The standard InChI is InChI=1S/C21H23N5O3/c1-3-5-18(27)24-17-9-7-15(8-10-17)12-19(28)23-14(2)21-25-20(26-29-21)16-6-4-11-22-13-16/h4,6-11,13-14H,3,5,12H2,1-2H3,(H,23,28)(H,24,27)/t14-/m0/s1. The van der Waals surface area contributed by atoms with E-state index in [9.17, 15) is 9.59 Å². The zero-order chi connectivity index (χ0) is 20.6. The summed E-state index contributed by atoms with van der Waals surface area (Å²) in [7, 11) is 0. The molecule has 150 valence electrons. The lowest BCUT2D eigenvalue weighted by Crippen LogP contribution is -2.28. The van der Waals surface area contributed by atoms with E-state index in [1.54, 1.807) is 37.5 Å². The number of nitrogens with zero attached hydrogens (tertiary/aromatic N) is 3. The van der Waals surface area contributed by atoms with E-state index in [4.69, 9.17) is 4.52 Å². The number of anilines is 1. The van der Waals surface area contributed by atoms with Gasteiger partial charge in [0.1, 0.15) is 6.04 Å². The molecule has 0 bridgehead atoms. The van der Waals surface area contributed by atoms with Crippen molar-refractivity contribution < 1.29 is 14.1 Å². The van der Waals surface area contributed by atoms with Crippen LogP contribution < -0.4 is 10.6 Å². The topological polar surface area (TPSA) is 110 Å².